The predicted octanol–water partition coefficient (Wildman–Crippen LogP) is 0.462. The zero-order valence-corrected chi connectivity index (χ0v) is 11.9. The van der Waals surface area contributed by atoms with Gasteiger partial charge in [0.1, 0.15) is 5.69 Å². The lowest BCUT2D eigenvalue weighted by Gasteiger charge is -2.37. The Morgan fingerprint density at radius 1 is 1.62 bits per heavy atom. The molecule has 4 N–H and O–H groups in total. The minimum atomic E-state index is -0.474. The van der Waals surface area contributed by atoms with Crippen LogP contribution in [0.4, 0.5) is 11.4 Å². The number of hydrogen-bond donors (Lipinski definition) is 3. The highest BCUT2D eigenvalue weighted by Gasteiger charge is 2.26. The van der Waals surface area contributed by atoms with Gasteiger partial charge in [0.05, 0.1) is 24.2 Å². The molecule has 8 heteroatoms. The Bertz CT molecular complexity index is 511. The maximum absolute atomic E-state index is 10.9. The second-order valence-corrected chi connectivity index (χ2v) is 5.17. The van der Waals surface area contributed by atoms with E-state index in [1.165, 1.54) is 6.07 Å². The van der Waals surface area contributed by atoms with Crippen LogP contribution in [-0.2, 0) is 11.3 Å². The molecule has 0 amide bonds. The first-order valence-corrected chi connectivity index (χ1v) is 6.75. The number of hydrazine groups is 1. The van der Waals surface area contributed by atoms with E-state index in [1.54, 1.807) is 12.1 Å². The summed E-state index contributed by atoms with van der Waals surface area (Å²) in [5.74, 6) is 5.34. The quantitative estimate of drug-likeness (QED) is 0.411. The van der Waals surface area contributed by atoms with Crippen molar-refractivity contribution >= 4 is 11.4 Å². The second-order valence-electron chi connectivity index (χ2n) is 5.17. The molecule has 0 aliphatic carbocycles. The highest BCUT2D eigenvalue weighted by molar-refractivity contribution is 5.62. The molecule has 1 aromatic carbocycles. The third-order valence-corrected chi connectivity index (χ3v) is 3.64. The Hall–Kier alpha value is -1.74. The molecule has 1 heterocycles. The smallest absolute Gasteiger partial charge is 0.293 e. The van der Waals surface area contributed by atoms with E-state index in [0.29, 0.717) is 19.7 Å². The average molecular weight is 296 g/mol. The first-order chi connectivity index (χ1) is 10.0. The highest BCUT2D eigenvalue weighted by Crippen LogP contribution is 2.26. The van der Waals surface area contributed by atoms with Gasteiger partial charge in [-0.2, -0.15) is 0 Å². The van der Waals surface area contributed by atoms with Gasteiger partial charge in [-0.1, -0.05) is 6.07 Å². The van der Waals surface area contributed by atoms with Crippen molar-refractivity contribution < 1.29 is 14.8 Å². The standard InChI is InChI=1S/C13H20N4O4/c1-9-8-21-11(7-18)6-16(9)5-10-2-3-13(17(19)20)12(4-10)15-14/h2-4,9,11,15,18H,5-8,14H2,1H3. The summed E-state index contributed by atoms with van der Waals surface area (Å²) in [5.41, 5.74) is 3.51. The normalized spacial score (nSPS) is 23.0. The Morgan fingerprint density at radius 3 is 3.00 bits per heavy atom. The maximum atomic E-state index is 10.9. The van der Waals surface area contributed by atoms with E-state index in [0.717, 1.165) is 5.56 Å². The summed E-state index contributed by atoms with van der Waals surface area (Å²) >= 11 is 0. The maximum Gasteiger partial charge on any atom is 0.293 e. The van der Waals surface area contributed by atoms with Gasteiger partial charge in [-0.15, -0.1) is 0 Å². The molecule has 21 heavy (non-hydrogen) atoms. The molecule has 0 bridgehead atoms. The van der Waals surface area contributed by atoms with Crippen LogP contribution in [0.2, 0.25) is 0 Å². The molecule has 0 aromatic heterocycles. The number of nitro benzene ring substituents is 1. The summed E-state index contributed by atoms with van der Waals surface area (Å²) in [7, 11) is 0. The number of nitrogens with zero attached hydrogens (tertiary/aromatic N) is 2. The molecule has 2 unspecified atom stereocenters. The minimum absolute atomic E-state index is 0.0148. The van der Waals surface area contributed by atoms with Crippen LogP contribution in [0.25, 0.3) is 0 Å². The average Bonchev–Trinajstić information content (AvgIpc) is 2.49. The fraction of sp³-hybridized carbons (Fsp3) is 0.538. The van der Waals surface area contributed by atoms with E-state index < -0.39 is 4.92 Å². The number of ether oxygens (including phenoxy) is 1. The highest BCUT2D eigenvalue weighted by atomic mass is 16.6. The predicted molar refractivity (Wildman–Crippen MR) is 77.6 cm³/mol. The third kappa shape index (κ3) is 3.67. The van der Waals surface area contributed by atoms with Crippen molar-refractivity contribution in [2.45, 2.75) is 25.6 Å². The van der Waals surface area contributed by atoms with E-state index in [9.17, 15) is 15.2 Å². The first-order valence-electron chi connectivity index (χ1n) is 6.75. The molecular weight excluding hydrogens is 276 g/mol. The summed E-state index contributed by atoms with van der Waals surface area (Å²) < 4.78 is 5.49. The number of aliphatic hydroxyl groups is 1. The van der Waals surface area contributed by atoms with Crippen molar-refractivity contribution in [3.05, 3.63) is 33.9 Å². The van der Waals surface area contributed by atoms with E-state index in [1.807, 2.05) is 6.92 Å². The van der Waals surface area contributed by atoms with E-state index in [2.05, 4.69) is 10.3 Å². The number of nitrogens with two attached hydrogens (primary N) is 1. The topological polar surface area (TPSA) is 114 Å². The Morgan fingerprint density at radius 2 is 2.38 bits per heavy atom. The van der Waals surface area contributed by atoms with Gasteiger partial charge in [-0.05, 0) is 18.6 Å². The van der Waals surface area contributed by atoms with Gasteiger partial charge < -0.3 is 15.3 Å². The lowest BCUT2D eigenvalue weighted by Crippen LogP contribution is -2.48. The SMILES string of the molecule is CC1COC(CO)CN1Cc1ccc([N+](=O)[O-])c(NN)c1. The van der Waals surface area contributed by atoms with Crippen LogP contribution < -0.4 is 11.3 Å². The molecule has 1 fully saturated rings. The van der Waals surface area contributed by atoms with Crippen LogP contribution in [0.5, 0.6) is 0 Å². The molecule has 0 spiro atoms. The van der Waals surface area contributed by atoms with Crippen molar-refractivity contribution in [1.29, 1.82) is 0 Å². The summed E-state index contributed by atoms with van der Waals surface area (Å²) in [4.78, 5) is 12.6. The molecule has 1 aliphatic rings. The largest absolute Gasteiger partial charge is 0.394 e. The number of nitrogens with one attached hydrogen (secondary N) is 1. The molecule has 1 aromatic rings. The van der Waals surface area contributed by atoms with Gasteiger partial charge in [0.2, 0.25) is 0 Å². The zero-order valence-electron chi connectivity index (χ0n) is 11.9. The number of nitro groups is 1. The number of morpholine rings is 1. The number of hydrogen-bond acceptors (Lipinski definition) is 7. The fourth-order valence-electron chi connectivity index (χ4n) is 2.40. The van der Waals surface area contributed by atoms with Gasteiger partial charge in [-0.3, -0.25) is 20.9 Å². The van der Waals surface area contributed by atoms with Crippen LogP contribution >= 0.6 is 0 Å². The lowest BCUT2D eigenvalue weighted by atomic mass is 10.1. The van der Waals surface area contributed by atoms with Crippen molar-refractivity contribution in [2.24, 2.45) is 5.84 Å². The van der Waals surface area contributed by atoms with Crippen molar-refractivity contribution in [3.8, 4) is 0 Å². The summed E-state index contributed by atoms with van der Waals surface area (Å²) in [6.07, 6.45) is -0.189. The number of nitrogen functional groups attached to an aromatic ring is 1. The molecule has 1 aliphatic heterocycles. The third-order valence-electron chi connectivity index (χ3n) is 3.64. The molecule has 2 atom stereocenters. The van der Waals surface area contributed by atoms with Crippen LogP contribution in [0, 0.1) is 10.1 Å². The van der Waals surface area contributed by atoms with E-state index in [4.69, 9.17) is 10.6 Å². The number of aliphatic hydroxyl groups excluding tert-OH is 1. The van der Waals surface area contributed by atoms with E-state index >= 15 is 0 Å². The molecular formula is C13H20N4O4. The Balaban J connectivity index is 2.13. The van der Waals surface area contributed by atoms with Crippen LogP contribution in [0.1, 0.15) is 12.5 Å². The van der Waals surface area contributed by atoms with Crippen molar-refractivity contribution in [2.75, 3.05) is 25.2 Å². The van der Waals surface area contributed by atoms with Gasteiger partial charge in [-0.25, -0.2) is 0 Å². The van der Waals surface area contributed by atoms with Gasteiger partial charge in [0, 0.05) is 25.2 Å². The van der Waals surface area contributed by atoms with Gasteiger partial charge >= 0.3 is 0 Å². The van der Waals surface area contributed by atoms with Crippen molar-refractivity contribution in [1.82, 2.24) is 4.90 Å². The van der Waals surface area contributed by atoms with Crippen molar-refractivity contribution in [3.63, 3.8) is 0 Å². The zero-order chi connectivity index (χ0) is 15.4. The number of anilines is 1. The molecule has 8 nitrogen and oxygen atoms in total. The van der Waals surface area contributed by atoms with Crippen LogP contribution in [-0.4, -0.2) is 46.8 Å². The van der Waals surface area contributed by atoms with Gasteiger partial charge in [0.25, 0.3) is 5.69 Å². The monoisotopic (exact) mass is 296 g/mol. The molecule has 0 saturated carbocycles. The molecule has 1 saturated heterocycles. The first kappa shape index (κ1) is 15.6. The molecule has 0 radical (unpaired) electrons. The summed E-state index contributed by atoms with van der Waals surface area (Å²) in [5, 5.41) is 20.1. The molecule has 2 rings (SSSR count). The van der Waals surface area contributed by atoms with Gasteiger partial charge in [0.15, 0.2) is 0 Å². The molecule has 116 valence electrons. The number of benzene rings is 1. The summed E-state index contributed by atoms with van der Waals surface area (Å²) in [6, 6.07) is 5.06. The Kier molecular flexibility index (Phi) is 5.07. The number of rotatable bonds is 5. The summed E-state index contributed by atoms with van der Waals surface area (Å²) in [6.45, 7) is 3.83. The van der Waals surface area contributed by atoms with E-state index in [-0.39, 0.29) is 30.1 Å². The van der Waals surface area contributed by atoms with Crippen LogP contribution in [0.15, 0.2) is 18.2 Å². The second kappa shape index (κ2) is 6.81. The Labute approximate surface area is 122 Å². The fourth-order valence-corrected chi connectivity index (χ4v) is 2.40. The lowest BCUT2D eigenvalue weighted by molar-refractivity contribution is -0.384. The van der Waals surface area contributed by atoms with Crippen LogP contribution in [0.3, 0.4) is 0 Å². The minimum Gasteiger partial charge on any atom is -0.394 e.